The normalized spacial score (nSPS) is 23.8. The number of benzene rings is 3. The smallest absolute Gasteiger partial charge is 0.329 e. The molecule has 1 fully saturated rings. The van der Waals surface area contributed by atoms with Crippen LogP contribution < -0.4 is 20.1 Å². The lowest BCUT2D eigenvalue weighted by Crippen LogP contribution is -2.53. The molecule has 4 N–H and O–H groups in total. The minimum absolute atomic E-state index is 0.214. The van der Waals surface area contributed by atoms with Crippen LogP contribution in [0.5, 0.6) is 11.5 Å². The number of fused-ring (bicyclic) bond motifs is 3. The molecule has 3 aliphatic carbocycles. The third-order valence-corrected chi connectivity index (χ3v) is 12.8. The van der Waals surface area contributed by atoms with E-state index >= 15 is 0 Å². The summed E-state index contributed by atoms with van der Waals surface area (Å²) in [4.78, 5) is 29.6. The van der Waals surface area contributed by atoms with Gasteiger partial charge in [0.15, 0.2) is 0 Å². The molecule has 4 atom stereocenters. The van der Waals surface area contributed by atoms with Gasteiger partial charge in [0.1, 0.15) is 23.1 Å². The predicted molar refractivity (Wildman–Crippen MR) is 219 cm³/mol. The largest absolute Gasteiger partial charge is 0.494 e. The van der Waals surface area contributed by atoms with Gasteiger partial charge in [-0.15, -0.1) is 0 Å². The van der Waals surface area contributed by atoms with Crippen molar-refractivity contribution in [1.82, 2.24) is 10.3 Å². The van der Waals surface area contributed by atoms with Gasteiger partial charge >= 0.3 is 11.9 Å². The zero-order valence-corrected chi connectivity index (χ0v) is 33.2. The first-order valence-electron chi connectivity index (χ1n) is 20.2. The van der Waals surface area contributed by atoms with Gasteiger partial charge in [-0.05, 0) is 147 Å². The average Bonchev–Trinajstić information content (AvgIpc) is 3.47. The number of aromatic nitrogens is 1. The molecular formula is C46H54ClN3O6. The number of anilines is 1. The molecule has 3 aliphatic rings. The summed E-state index contributed by atoms with van der Waals surface area (Å²) in [6.45, 7) is 6.07. The lowest BCUT2D eigenvalue weighted by Gasteiger charge is -2.47. The first kappa shape index (κ1) is 39.6. The standard InChI is InChI=1S/C46H54ClN3O6/c1-30(29-56-40-17-23-48-39-14-6-9-31(2)41(39)40)25-34-26-33-15-16-37(55-24-8-22-49-42(43(51)52)32-10-4-3-5-11-32)28-38(33)45(34)18-20-46(21-19-45,44(53)54)50-36-13-7-12-35(47)27-36/h3-5,7,10-13,15-17,23,27-28,30-31,34,42,49-50H,6,8-9,14,18-22,24-26,29H2,1-2H3,(H,51,52)(H,53,54)/t30-,31-,34?,42?,45?,46?/m1/s1. The lowest BCUT2D eigenvalue weighted by atomic mass is 9.59. The molecule has 3 aromatic carbocycles. The van der Waals surface area contributed by atoms with E-state index < -0.39 is 23.5 Å². The van der Waals surface area contributed by atoms with Gasteiger partial charge in [0, 0.05) is 28.2 Å². The van der Waals surface area contributed by atoms with Gasteiger partial charge in [-0.1, -0.05) is 67.9 Å². The minimum Gasteiger partial charge on any atom is -0.494 e. The Balaban J connectivity index is 1.07. The SMILES string of the molecule is C[C@@H](COc1ccnc2c1[C@H](C)CCC2)CC1Cc2ccc(OCCCNC(C(=O)O)c3ccccc3)cc2C12CCC(Nc1cccc(Cl)c1)(C(=O)O)CC2. The number of pyridine rings is 1. The topological polar surface area (TPSA) is 130 Å². The quantitative estimate of drug-likeness (QED) is 0.0822. The summed E-state index contributed by atoms with van der Waals surface area (Å²) in [5.41, 5.74) is 5.10. The monoisotopic (exact) mass is 779 g/mol. The molecule has 1 saturated carbocycles. The van der Waals surface area contributed by atoms with Crippen LogP contribution in [0.2, 0.25) is 5.02 Å². The maximum Gasteiger partial charge on any atom is 0.329 e. The van der Waals surface area contributed by atoms with Gasteiger partial charge in [0.25, 0.3) is 0 Å². The van der Waals surface area contributed by atoms with E-state index in [0.717, 1.165) is 56.4 Å². The molecule has 0 amide bonds. The number of aryl methyl sites for hydroxylation is 1. The summed E-state index contributed by atoms with van der Waals surface area (Å²) in [5.74, 6) is 1.01. The van der Waals surface area contributed by atoms with Crippen molar-refractivity contribution in [2.75, 3.05) is 25.1 Å². The number of hydrogen-bond acceptors (Lipinski definition) is 7. The van der Waals surface area contributed by atoms with Crippen LogP contribution in [0.25, 0.3) is 0 Å². The second kappa shape index (κ2) is 17.3. The Labute approximate surface area is 335 Å². The van der Waals surface area contributed by atoms with Crippen LogP contribution in [0.15, 0.2) is 85.1 Å². The molecule has 9 nitrogen and oxygen atoms in total. The number of carboxylic acid groups (broad SMARTS) is 2. The summed E-state index contributed by atoms with van der Waals surface area (Å²) in [5, 5.41) is 27.6. The molecule has 10 heteroatoms. The summed E-state index contributed by atoms with van der Waals surface area (Å²) in [6.07, 6.45) is 10.1. The highest BCUT2D eigenvalue weighted by atomic mass is 35.5. The van der Waals surface area contributed by atoms with E-state index in [9.17, 15) is 19.8 Å². The highest BCUT2D eigenvalue weighted by Crippen LogP contribution is 2.57. The van der Waals surface area contributed by atoms with Crippen LogP contribution in [0.3, 0.4) is 0 Å². The van der Waals surface area contributed by atoms with Crippen LogP contribution in [0.1, 0.15) is 105 Å². The van der Waals surface area contributed by atoms with Crippen molar-refractivity contribution in [1.29, 1.82) is 0 Å². The van der Waals surface area contributed by atoms with Crippen molar-refractivity contribution in [3.8, 4) is 11.5 Å². The summed E-state index contributed by atoms with van der Waals surface area (Å²) in [6, 6.07) is 24.1. The maximum atomic E-state index is 13.0. The average molecular weight is 780 g/mol. The van der Waals surface area contributed by atoms with E-state index in [-0.39, 0.29) is 11.3 Å². The van der Waals surface area contributed by atoms with E-state index in [1.807, 2.05) is 60.8 Å². The molecule has 0 saturated heterocycles. The van der Waals surface area contributed by atoms with Crippen molar-refractivity contribution in [2.45, 2.75) is 101 Å². The molecule has 2 unspecified atom stereocenters. The highest BCUT2D eigenvalue weighted by molar-refractivity contribution is 6.30. The summed E-state index contributed by atoms with van der Waals surface area (Å²) < 4.78 is 12.9. The highest BCUT2D eigenvalue weighted by Gasteiger charge is 2.54. The number of hydrogen-bond donors (Lipinski definition) is 4. The number of rotatable bonds is 16. The van der Waals surface area contributed by atoms with E-state index in [1.54, 1.807) is 12.1 Å². The molecule has 56 heavy (non-hydrogen) atoms. The number of ether oxygens (including phenoxy) is 2. The number of nitrogens with one attached hydrogen (secondary N) is 2. The molecule has 0 radical (unpaired) electrons. The van der Waals surface area contributed by atoms with Crippen molar-refractivity contribution in [3.63, 3.8) is 0 Å². The van der Waals surface area contributed by atoms with Crippen LogP contribution in [0, 0.1) is 11.8 Å². The van der Waals surface area contributed by atoms with Crippen LogP contribution in [-0.2, 0) is 27.8 Å². The summed E-state index contributed by atoms with van der Waals surface area (Å²) >= 11 is 6.30. The van der Waals surface area contributed by atoms with E-state index in [1.165, 1.54) is 22.4 Å². The zero-order valence-electron chi connectivity index (χ0n) is 32.4. The molecule has 1 heterocycles. The second-order valence-electron chi connectivity index (χ2n) is 16.4. The molecule has 4 aromatic rings. The molecular weight excluding hydrogens is 726 g/mol. The molecule has 1 spiro atoms. The Bertz CT molecular complexity index is 2000. The molecule has 7 rings (SSSR count). The number of nitrogens with zero attached hydrogens (tertiary/aromatic N) is 1. The fourth-order valence-corrected chi connectivity index (χ4v) is 9.86. The molecule has 296 valence electrons. The first-order valence-corrected chi connectivity index (χ1v) is 20.6. The zero-order chi connectivity index (χ0) is 39.3. The third-order valence-electron chi connectivity index (χ3n) is 12.6. The summed E-state index contributed by atoms with van der Waals surface area (Å²) in [7, 11) is 0. The van der Waals surface area contributed by atoms with E-state index in [2.05, 4.69) is 41.6 Å². The fourth-order valence-electron chi connectivity index (χ4n) is 9.67. The second-order valence-corrected chi connectivity index (χ2v) is 16.8. The van der Waals surface area contributed by atoms with Crippen molar-refractivity contribution in [2.24, 2.45) is 11.8 Å². The molecule has 0 bridgehead atoms. The van der Waals surface area contributed by atoms with Gasteiger partial charge in [-0.25, -0.2) is 4.79 Å². The number of carboxylic acids is 2. The number of halogens is 1. The predicted octanol–water partition coefficient (Wildman–Crippen LogP) is 9.38. The lowest BCUT2D eigenvalue weighted by molar-refractivity contribution is -0.144. The van der Waals surface area contributed by atoms with Gasteiger partial charge in [0.2, 0.25) is 0 Å². The van der Waals surface area contributed by atoms with Crippen LogP contribution >= 0.6 is 11.6 Å². The van der Waals surface area contributed by atoms with Gasteiger partial charge in [-0.2, -0.15) is 0 Å². The van der Waals surface area contributed by atoms with Crippen molar-refractivity contribution >= 4 is 29.2 Å². The Kier molecular flexibility index (Phi) is 12.2. The maximum absolute atomic E-state index is 13.0. The van der Waals surface area contributed by atoms with Crippen molar-refractivity contribution in [3.05, 3.63) is 118 Å². The Hall–Kier alpha value is -4.60. The third kappa shape index (κ3) is 8.54. The Morgan fingerprint density at radius 2 is 1.79 bits per heavy atom. The fraction of sp³-hybridized carbons (Fsp3) is 0.457. The van der Waals surface area contributed by atoms with Crippen LogP contribution in [0.4, 0.5) is 5.69 Å². The van der Waals surface area contributed by atoms with Crippen LogP contribution in [-0.4, -0.2) is 52.4 Å². The van der Waals surface area contributed by atoms with Gasteiger partial charge < -0.3 is 30.3 Å². The Morgan fingerprint density at radius 1 is 0.982 bits per heavy atom. The molecule has 0 aliphatic heterocycles. The van der Waals surface area contributed by atoms with Crippen molar-refractivity contribution < 1.29 is 29.3 Å². The minimum atomic E-state index is -1.11. The number of carbonyl (C=O) groups is 2. The molecule has 1 aromatic heterocycles. The Morgan fingerprint density at radius 3 is 2.54 bits per heavy atom. The van der Waals surface area contributed by atoms with E-state index in [0.29, 0.717) is 67.1 Å². The van der Waals surface area contributed by atoms with E-state index in [4.69, 9.17) is 21.1 Å². The first-order chi connectivity index (χ1) is 27.1. The number of aliphatic carboxylic acids is 2. The van der Waals surface area contributed by atoms with Gasteiger partial charge in [-0.3, -0.25) is 9.78 Å². The van der Waals surface area contributed by atoms with Gasteiger partial charge in [0.05, 0.1) is 13.2 Å².